The van der Waals surface area contributed by atoms with Crippen molar-refractivity contribution < 1.29 is 14.1 Å². The maximum absolute atomic E-state index is 12.3. The number of aromatic nitrogens is 1. The fraction of sp³-hybridized carbons (Fsp3) is 0.111. The number of cyclic esters (lactones) is 1. The fourth-order valence-electron chi connectivity index (χ4n) is 2.88. The van der Waals surface area contributed by atoms with Gasteiger partial charge in [-0.2, -0.15) is 0 Å². The van der Waals surface area contributed by atoms with Gasteiger partial charge in [0.2, 0.25) is 5.72 Å². The first-order valence-electron chi connectivity index (χ1n) is 7.29. The van der Waals surface area contributed by atoms with Gasteiger partial charge in [-0.15, -0.1) is 0 Å². The van der Waals surface area contributed by atoms with E-state index in [0.717, 1.165) is 11.1 Å². The Labute approximate surface area is 132 Å². The van der Waals surface area contributed by atoms with Crippen LogP contribution in [0.2, 0.25) is 0 Å². The highest BCUT2D eigenvalue weighted by Gasteiger charge is 2.47. The quantitative estimate of drug-likeness (QED) is 0.751. The summed E-state index contributed by atoms with van der Waals surface area (Å²) in [6.45, 7) is 1.81. The lowest BCUT2D eigenvalue weighted by Gasteiger charge is -2.30. The van der Waals surface area contributed by atoms with Crippen molar-refractivity contribution in [1.82, 2.24) is 5.16 Å². The zero-order valence-corrected chi connectivity index (χ0v) is 12.4. The van der Waals surface area contributed by atoms with E-state index in [1.807, 2.05) is 55.5 Å². The van der Waals surface area contributed by atoms with E-state index in [2.05, 4.69) is 10.5 Å². The topological polar surface area (TPSA) is 64.4 Å². The minimum atomic E-state index is -1.11. The van der Waals surface area contributed by atoms with Crippen molar-refractivity contribution in [3.05, 3.63) is 83.1 Å². The first-order valence-corrected chi connectivity index (χ1v) is 7.29. The van der Waals surface area contributed by atoms with Gasteiger partial charge in [-0.05, 0) is 13.0 Å². The van der Waals surface area contributed by atoms with E-state index in [1.54, 1.807) is 12.1 Å². The van der Waals surface area contributed by atoms with Crippen LogP contribution in [0.25, 0.3) is 0 Å². The Kier molecular flexibility index (Phi) is 2.94. The van der Waals surface area contributed by atoms with Gasteiger partial charge in [-0.25, -0.2) is 4.79 Å². The fourth-order valence-corrected chi connectivity index (χ4v) is 2.88. The second-order valence-electron chi connectivity index (χ2n) is 5.43. The molecule has 5 nitrogen and oxygen atoms in total. The van der Waals surface area contributed by atoms with E-state index in [0.29, 0.717) is 17.1 Å². The molecule has 1 N–H and O–H groups in total. The van der Waals surface area contributed by atoms with Gasteiger partial charge in [-0.1, -0.05) is 53.7 Å². The van der Waals surface area contributed by atoms with E-state index < -0.39 is 5.72 Å². The summed E-state index contributed by atoms with van der Waals surface area (Å²) in [6.07, 6.45) is 0. The largest absolute Gasteiger partial charge is 0.427 e. The summed E-state index contributed by atoms with van der Waals surface area (Å²) in [4.78, 5) is 12.3. The smallest absolute Gasteiger partial charge is 0.341 e. The number of aryl methyl sites for hydroxylation is 1. The van der Waals surface area contributed by atoms with Gasteiger partial charge in [0.05, 0.1) is 5.56 Å². The molecule has 0 saturated carbocycles. The zero-order chi connectivity index (χ0) is 15.9. The van der Waals surface area contributed by atoms with E-state index >= 15 is 0 Å². The molecule has 0 saturated heterocycles. The molecule has 0 amide bonds. The number of hydrogen-bond acceptors (Lipinski definition) is 5. The third kappa shape index (κ3) is 2.09. The molecule has 0 unspecified atom stereocenters. The summed E-state index contributed by atoms with van der Waals surface area (Å²) < 4.78 is 10.9. The maximum Gasteiger partial charge on any atom is 0.341 e. The van der Waals surface area contributed by atoms with E-state index in [1.165, 1.54) is 0 Å². The van der Waals surface area contributed by atoms with Gasteiger partial charge in [0.1, 0.15) is 5.76 Å². The monoisotopic (exact) mass is 306 g/mol. The molecule has 1 aliphatic rings. The highest BCUT2D eigenvalue weighted by Crippen LogP contribution is 2.42. The average molecular weight is 306 g/mol. The van der Waals surface area contributed by atoms with Crippen LogP contribution in [-0.2, 0) is 10.5 Å². The van der Waals surface area contributed by atoms with E-state index in [9.17, 15) is 4.79 Å². The third-order valence-electron chi connectivity index (χ3n) is 3.88. The molecule has 1 atom stereocenters. The first-order chi connectivity index (χ1) is 11.2. The lowest BCUT2D eigenvalue weighted by atomic mass is 9.93. The minimum Gasteiger partial charge on any atom is -0.427 e. The number of carbonyl (C=O) groups excluding carboxylic acids is 1. The number of fused-ring (bicyclic) bond motifs is 1. The molecular weight excluding hydrogens is 292 g/mol. The molecule has 0 aliphatic carbocycles. The van der Waals surface area contributed by atoms with Crippen molar-refractivity contribution in [2.75, 3.05) is 5.32 Å². The van der Waals surface area contributed by atoms with Crippen molar-refractivity contribution in [1.29, 1.82) is 0 Å². The Bertz CT molecular complexity index is 873. The number of carbonyl (C=O) groups is 1. The Hall–Kier alpha value is -3.08. The van der Waals surface area contributed by atoms with Crippen LogP contribution in [0, 0.1) is 6.92 Å². The molecule has 3 aromatic rings. The van der Waals surface area contributed by atoms with Gasteiger partial charge in [-0.3, -0.25) is 0 Å². The van der Waals surface area contributed by atoms with Crippen molar-refractivity contribution in [3.8, 4) is 0 Å². The van der Waals surface area contributed by atoms with Gasteiger partial charge < -0.3 is 14.6 Å². The number of nitrogens with zero attached hydrogens (tertiary/aromatic N) is 1. The number of rotatable bonds is 3. The second kappa shape index (κ2) is 4.98. The van der Waals surface area contributed by atoms with Crippen LogP contribution >= 0.6 is 0 Å². The molecule has 4 rings (SSSR count). The van der Waals surface area contributed by atoms with Crippen molar-refractivity contribution in [3.63, 3.8) is 0 Å². The van der Waals surface area contributed by atoms with Crippen molar-refractivity contribution in [2.45, 2.75) is 12.6 Å². The summed E-state index contributed by atoms with van der Waals surface area (Å²) in [5.74, 6) is 0.821. The Morgan fingerprint density at radius 3 is 2.52 bits per heavy atom. The van der Waals surface area contributed by atoms with Crippen molar-refractivity contribution >= 4 is 11.8 Å². The molecular formula is C18H14N2O3. The van der Waals surface area contributed by atoms with Crippen LogP contribution in [-0.4, -0.2) is 11.1 Å². The van der Waals surface area contributed by atoms with Crippen LogP contribution in [0.3, 0.4) is 0 Å². The van der Waals surface area contributed by atoms with Crippen LogP contribution in [0.1, 0.15) is 27.2 Å². The highest BCUT2D eigenvalue weighted by molar-refractivity contribution is 5.95. The zero-order valence-electron chi connectivity index (χ0n) is 12.4. The Morgan fingerprint density at radius 1 is 1.04 bits per heavy atom. The van der Waals surface area contributed by atoms with Gasteiger partial charge >= 0.3 is 5.97 Å². The SMILES string of the molecule is Cc1cc(N[C@]2(c3ccccc3)OC(=O)c3ccccc32)no1. The van der Waals surface area contributed by atoms with Crippen molar-refractivity contribution in [2.24, 2.45) is 0 Å². The van der Waals surface area contributed by atoms with Gasteiger partial charge in [0, 0.05) is 17.2 Å². The van der Waals surface area contributed by atoms with E-state index in [-0.39, 0.29) is 5.97 Å². The summed E-state index contributed by atoms with van der Waals surface area (Å²) in [5.41, 5.74) is 1.01. The molecule has 0 bridgehead atoms. The predicted molar refractivity (Wildman–Crippen MR) is 83.9 cm³/mol. The van der Waals surface area contributed by atoms with E-state index in [4.69, 9.17) is 9.26 Å². The number of anilines is 1. The molecule has 0 spiro atoms. The maximum atomic E-state index is 12.3. The van der Waals surface area contributed by atoms with Gasteiger partial charge in [0.25, 0.3) is 0 Å². The lowest BCUT2D eigenvalue weighted by Crippen LogP contribution is -2.37. The lowest BCUT2D eigenvalue weighted by molar-refractivity contribution is 0.0210. The molecule has 1 aromatic heterocycles. The number of benzene rings is 2. The molecule has 114 valence electrons. The minimum absolute atomic E-state index is 0.364. The molecule has 2 aromatic carbocycles. The molecule has 5 heteroatoms. The van der Waals surface area contributed by atoms with Crippen LogP contribution in [0.5, 0.6) is 0 Å². The highest BCUT2D eigenvalue weighted by atomic mass is 16.6. The summed E-state index contributed by atoms with van der Waals surface area (Å²) in [6, 6.07) is 18.7. The number of ether oxygens (including phenoxy) is 1. The Balaban J connectivity index is 1.91. The number of nitrogens with one attached hydrogen (secondary N) is 1. The second-order valence-corrected chi connectivity index (χ2v) is 5.43. The van der Waals surface area contributed by atoms with Gasteiger partial charge in [0.15, 0.2) is 5.82 Å². The van der Waals surface area contributed by atoms with Crippen LogP contribution in [0.4, 0.5) is 5.82 Å². The number of hydrogen-bond donors (Lipinski definition) is 1. The first kappa shape index (κ1) is 13.6. The normalized spacial score (nSPS) is 19.3. The van der Waals surface area contributed by atoms with Crippen LogP contribution in [0.15, 0.2) is 65.2 Å². The number of esters is 1. The molecule has 2 heterocycles. The average Bonchev–Trinajstić information content (AvgIpc) is 3.11. The molecule has 1 aliphatic heterocycles. The summed E-state index contributed by atoms with van der Waals surface area (Å²) in [7, 11) is 0. The van der Waals surface area contributed by atoms with Crippen LogP contribution < -0.4 is 5.32 Å². The molecule has 0 fully saturated rings. The third-order valence-corrected chi connectivity index (χ3v) is 3.88. The Morgan fingerprint density at radius 2 is 1.78 bits per heavy atom. The molecule has 0 radical (unpaired) electrons. The standard InChI is InChI=1S/C18H14N2O3/c1-12-11-16(20-23-12)19-18(13-7-3-2-4-8-13)15-10-6-5-9-14(15)17(21)22-18/h2-11H,1H3,(H,19,20)/t18-/m1/s1. The predicted octanol–water partition coefficient (Wildman–Crippen LogP) is 3.47. The molecule has 23 heavy (non-hydrogen) atoms. The summed E-state index contributed by atoms with van der Waals surface area (Å²) in [5, 5.41) is 7.20. The summed E-state index contributed by atoms with van der Waals surface area (Å²) >= 11 is 0.